The van der Waals surface area contributed by atoms with Gasteiger partial charge in [-0.05, 0) is 12.1 Å². The second-order valence-corrected chi connectivity index (χ2v) is 5.45. The molecule has 8 nitrogen and oxygen atoms in total. The van der Waals surface area contributed by atoms with E-state index in [2.05, 4.69) is 5.32 Å². The largest absolute Gasteiger partial charge is 0.379 e. The first kappa shape index (κ1) is 16.4. The summed E-state index contributed by atoms with van der Waals surface area (Å²) in [6.07, 6.45) is 0. The first-order valence-electron chi connectivity index (χ1n) is 5.93. The van der Waals surface area contributed by atoms with Crippen LogP contribution in [0.2, 0.25) is 0 Å². The number of carbonyl (C=O) groups excluding carboxylic acids is 1. The zero-order valence-electron chi connectivity index (χ0n) is 10.8. The summed E-state index contributed by atoms with van der Waals surface area (Å²) in [4.78, 5) is 12.1. The van der Waals surface area contributed by atoms with E-state index in [4.69, 9.17) is 10.5 Å². The van der Waals surface area contributed by atoms with Crippen LogP contribution in [0.1, 0.15) is 0 Å². The Bertz CT molecular complexity index is 491. The van der Waals surface area contributed by atoms with Gasteiger partial charge in [-0.1, -0.05) is 18.2 Å². The molecule has 5 N–H and O–H groups in total. The monoisotopic (exact) mass is 302 g/mol. The van der Waals surface area contributed by atoms with Crippen LogP contribution in [0.4, 0.5) is 4.79 Å². The van der Waals surface area contributed by atoms with E-state index in [0.29, 0.717) is 0 Å². The van der Waals surface area contributed by atoms with Gasteiger partial charge >= 0.3 is 6.03 Å². The Morgan fingerprint density at radius 2 is 1.80 bits per heavy atom. The summed E-state index contributed by atoms with van der Waals surface area (Å²) in [6, 6.07) is 6.64. The van der Waals surface area contributed by atoms with Crippen molar-refractivity contribution in [2.45, 2.75) is 4.90 Å². The maximum Gasteiger partial charge on any atom is 0.327 e. The van der Waals surface area contributed by atoms with Gasteiger partial charge in [0.1, 0.15) is 0 Å². The van der Waals surface area contributed by atoms with Gasteiger partial charge in [0, 0.05) is 13.1 Å². The lowest BCUT2D eigenvalue weighted by atomic mass is 10.4. The molecule has 1 aliphatic heterocycles. The third-order valence-corrected chi connectivity index (χ3v) is 3.47. The fourth-order valence-electron chi connectivity index (χ4n) is 1.29. The van der Waals surface area contributed by atoms with Crippen molar-refractivity contribution >= 4 is 16.1 Å². The molecule has 0 aliphatic carbocycles. The van der Waals surface area contributed by atoms with E-state index >= 15 is 0 Å². The SMILES string of the molecule is C1COCCN1.NC(=O)NNS(=O)(=O)c1ccccc1. The summed E-state index contributed by atoms with van der Waals surface area (Å²) in [5.74, 6) is 0. The number of urea groups is 1. The number of nitrogens with two attached hydrogens (primary N) is 1. The molecule has 0 radical (unpaired) electrons. The molecule has 1 aromatic rings. The maximum atomic E-state index is 11.4. The first-order chi connectivity index (χ1) is 9.52. The summed E-state index contributed by atoms with van der Waals surface area (Å²) in [6.45, 7) is 3.83. The van der Waals surface area contributed by atoms with Crippen LogP contribution >= 0.6 is 0 Å². The van der Waals surface area contributed by atoms with Gasteiger partial charge in [0.2, 0.25) is 0 Å². The topological polar surface area (TPSA) is 123 Å². The van der Waals surface area contributed by atoms with E-state index in [1.807, 2.05) is 4.83 Å². The lowest BCUT2D eigenvalue weighted by molar-refractivity contribution is 0.109. The highest BCUT2D eigenvalue weighted by Crippen LogP contribution is 2.05. The fourth-order valence-corrected chi connectivity index (χ4v) is 2.16. The molecule has 0 saturated carbocycles. The summed E-state index contributed by atoms with van der Waals surface area (Å²) >= 11 is 0. The van der Waals surface area contributed by atoms with E-state index in [1.165, 1.54) is 12.1 Å². The van der Waals surface area contributed by atoms with Crippen LogP contribution in [0.5, 0.6) is 0 Å². The minimum absolute atomic E-state index is 0.0498. The first-order valence-corrected chi connectivity index (χ1v) is 7.41. The van der Waals surface area contributed by atoms with Crippen molar-refractivity contribution in [3.8, 4) is 0 Å². The molecule has 0 aromatic heterocycles. The van der Waals surface area contributed by atoms with Crippen molar-refractivity contribution in [3.63, 3.8) is 0 Å². The molecule has 2 amide bonds. The summed E-state index contributed by atoms with van der Waals surface area (Å²) in [5, 5.41) is 3.16. The van der Waals surface area contributed by atoms with Crippen LogP contribution in [0, 0.1) is 0 Å². The third kappa shape index (κ3) is 6.48. The Hall–Kier alpha value is -1.68. The molecule has 0 atom stereocenters. The molecule has 1 fully saturated rings. The third-order valence-electron chi connectivity index (χ3n) is 2.21. The molecule has 1 heterocycles. The molecule has 0 bridgehead atoms. The standard InChI is InChI=1S/C7H9N3O3S.C4H9NO/c8-7(11)9-10-14(12,13)6-4-2-1-3-5-6;1-3-6-4-2-5-1/h1-5,10H,(H3,8,9,11);5H,1-4H2. The molecule has 1 saturated heterocycles. The number of hydrazine groups is 1. The zero-order valence-corrected chi connectivity index (χ0v) is 11.7. The van der Waals surface area contributed by atoms with Crippen molar-refractivity contribution in [1.82, 2.24) is 15.6 Å². The Balaban J connectivity index is 0.000000276. The molecule has 0 spiro atoms. The van der Waals surface area contributed by atoms with Crippen LogP contribution in [0.15, 0.2) is 35.2 Å². The number of morpholine rings is 1. The summed E-state index contributed by atoms with van der Waals surface area (Å²) < 4.78 is 27.7. The smallest absolute Gasteiger partial charge is 0.327 e. The highest BCUT2D eigenvalue weighted by atomic mass is 32.2. The molecule has 20 heavy (non-hydrogen) atoms. The normalized spacial score (nSPS) is 14.8. The lowest BCUT2D eigenvalue weighted by Gasteiger charge is -2.10. The van der Waals surface area contributed by atoms with Crippen molar-refractivity contribution in [1.29, 1.82) is 0 Å². The molecule has 0 unspecified atom stereocenters. The number of hydrogen-bond donors (Lipinski definition) is 4. The molecule has 1 aliphatic rings. The number of rotatable bonds is 3. The highest BCUT2D eigenvalue weighted by molar-refractivity contribution is 7.89. The van der Waals surface area contributed by atoms with E-state index in [9.17, 15) is 13.2 Å². The van der Waals surface area contributed by atoms with Crippen LogP contribution in [-0.2, 0) is 14.8 Å². The second-order valence-electron chi connectivity index (χ2n) is 3.77. The minimum Gasteiger partial charge on any atom is -0.379 e. The van der Waals surface area contributed by atoms with Crippen LogP contribution in [0.3, 0.4) is 0 Å². The molecule has 2 rings (SSSR count). The maximum absolute atomic E-state index is 11.4. The van der Waals surface area contributed by atoms with E-state index in [-0.39, 0.29) is 4.90 Å². The molecule has 9 heteroatoms. The van der Waals surface area contributed by atoms with Gasteiger partial charge < -0.3 is 15.8 Å². The van der Waals surface area contributed by atoms with E-state index in [1.54, 1.807) is 23.6 Å². The van der Waals surface area contributed by atoms with Crippen LogP contribution in [-0.4, -0.2) is 40.8 Å². The number of amides is 2. The average molecular weight is 302 g/mol. The predicted molar refractivity (Wildman–Crippen MR) is 73.2 cm³/mol. The Labute approximate surface area is 117 Å². The quantitative estimate of drug-likeness (QED) is 0.542. The van der Waals surface area contributed by atoms with Gasteiger partial charge in [0.05, 0.1) is 18.1 Å². The number of ether oxygens (including phenoxy) is 1. The average Bonchev–Trinajstić information content (AvgIpc) is 2.49. The van der Waals surface area contributed by atoms with Gasteiger partial charge in [-0.3, -0.25) is 5.43 Å². The molecule has 112 valence electrons. The van der Waals surface area contributed by atoms with Gasteiger partial charge in [0.25, 0.3) is 10.0 Å². The molecular formula is C11H18N4O4S. The van der Waals surface area contributed by atoms with Gasteiger partial charge in [-0.15, -0.1) is 4.83 Å². The van der Waals surface area contributed by atoms with Crippen molar-refractivity contribution in [3.05, 3.63) is 30.3 Å². The number of carbonyl (C=O) groups is 1. The zero-order chi connectivity index (χ0) is 14.8. The number of nitrogens with one attached hydrogen (secondary N) is 3. The lowest BCUT2D eigenvalue weighted by Crippen LogP contribution is -2.44. The van der Waals surface area contributed by atoms with Crippen LogP contribution in [0.25, 0.3) is 0 Å². The van der Waals surface area contributed by atoms with Crippen LogP contribution < -0.4 is 21.3 Å². The predicted octanol–water partition coefficient (Wildman–Crippen LogP) is -0.846. The van der Waals surface area contributed by atoms with Crippen molar-refractivity contribution in [2.75, 3.05) is 26.3 Å². The van der Waals surface area contributed by atoms with Gasteiger partial charge in [0.15, 0.2) is 0 Å². The van der Waals surface area contributed by atoms with Crippen molar-refractivity contribution in [2.24, 2.45) is 5.73 Å². The van der Waals surface area contributed by atoms with Crippen molar-refractivity contribution < 1.29 is 17.9 Å². The number of primary amides is 1. The minimum atomic E-state index is -3.72. The second kappa shape index (κ2) is 8.48. The Morgan fingerprint density at radius 1 is 1.20 bits per heavy atom. The highest BCUT2D eigenvalue weighted by Gasteiger charge is 2.12. The van der Waals surface area contributed by atoms with E-state index < -0.39 is 16.1 Å². The summed E-state index contributed by atoms with van der Waals surface area (Å²) in [7, 11) is -3.72. The number of hydrogen-bond acceptors (Lipinski definition) is 5. The van der Waals surface area contributed by atoms with E-state index in [0.717, 1.165) is 26.3 Å². The molecule has 1 aromatic carbocycles. The summed E-state index contributed by atoms with van der Waals surface area (Å²) in [5.41, 5.74) is 6.49. The molecular weight excluding hydrogens is 284 g/mol. The van der Waals surface area contributed by atoms with Gasteiger partial charge in [-0.25, -0.2) is 13.2 Å². The Kier molecular flexibility index (Phi) is 6.94. The fraction of sp³-hybridized carbons (Fsp3) is 0.364. The Morgan fingerprint density at radius 3 is 2.20 bits per heavy atom. The number of sulfonamides is 1. The number of benzene rings is 1. The van der Waals surface area contributed by atoms with Gasteiger partial charge in [-0.2, -0.15) is 0 Å².